The van der Waals surface area contributed by atoms with Gasteiger partial charge in [0.15, 0.2) is 0 Å². The zero-order valence-electron chi connectivity index (χ0n) is 13.8. The first kappa shape index (κ1) is 13.2. The first-order chi connectivity index (χ1) is 10.8. The zero-order chi connectivity index (χ0) is 14.9. The van der Waals surface area contributed by atoms with Crippen molar-refractivity contribution in [1.29, 1.82) is 0 Å². The van der Waals surface area contributed by atoms with Crippen molar-refractivity contribution < 1.29 is 0 Å². The molecule has 5 aliphatic rings. The van der Waals surface area contributed by atoms with E-state index in [2.05, 4.69) is 50.3 Å². The Labute approximate surface area is 134 Å². The van der Waals surface area contributed by atoms with E-state index < -0.39 is 0 Å². The number of allylic oxidation sites excluding steroid dienone is 4. The second-order valence-corrected chi connectivity index (χ2v) is 8.12. The summed E-state index contributed by atoms with van der Waals surface area (Å²) < 4.78 is 0. The van der Waals surface area contributed by atoms with Crippen LogP contribution in [0, 0.1) is 23.7 Å². The molecule has 0 saturated heterocycles. The molecule has 0 unspecified atom stereocenters. The van der Waals surface area contributed by atoms with Crippen LogP contribution < -0.4 is 0 Å². The molecule has 4 bridgehead atoms. The number of hydrogen-bond donors (Lipinski definition) is 0. The molecule has 0 heterocycles. The summed E-state index contributed by atoms with van der Waals surface area (Å²) in [6.45, 7) is 4.50. The molecule has 1 aromatic rings. The molecule has 5 aliphatic carbocycles. The van der Waals surface area contributed by atoms with E-state index in [4.69, 9.17) is 0 Å². The summed E-state index contributed by atoms with van der Waals surface area (Å²) in [5.41, 5.74) is 6.77. The summed E-state index contributed by atoms with van der Waals surface area (Å²) in [7, 11) is 0. The van der Waals surface area contributed by atoms with Gasteiger partial charge in [-0.2, -0.15) is 0 Å². The van der Waals surface area contributed by atoms with Gasteiger partial charge in [-0.3, -0.25) is 0 Å². The van der Waals surface area contributed by atoms with E-state index in [0.29, 0.717) is 5.41 Å². The molecule has 6 rings (SSSR count). The molecule has 1 spiro atoms. The molecule has 0 N–H and O–H groups in total. The van der Waals surface area contributed by atoms with Crippen molar-refractivity contribution in [3.05, 3.63) is 53.1 Å². The Balaban J connectivity index is 1.80. The van der Waals surface area contributed by atoms with E-state index in [1.807, 2.05) is 0 Å². The molecule has 0 aliphatic heterocycles. The van der Waals surface area contributed by atoms with Gasteiger partial charge in [-0.25, -0.2) is 0 Å². The van der Waals surface area contributed by atoms with Crippen molar-refractivity contribution in [2.75, 3.05) is 0 Å². The summed E-state index contributed by atoms with van der Waals surface area (Å²) in [5, 5.41) is 0. The topological polar surface area (TPSA) is 0 Å². The fourth-order valence-electron chi connectivity index (χ4n) is 7.10. The van der Waals surface area contributed by atoms with Crippen LogP contribution in [0.4, 0.5) is 0 Å². The maximum absolute atomic E-state index is 2.46. The van der Waals surface area contributed by atoms with Gasteiger partial charge in [0.2, 0.25) is 0 Å². The highest BCUT2D eigenvalue weighted by Crippen LogP contribution is 2.69. The quantitative estimate of drug-likeness (QED) is 0.571. The van der Waals surface area contributed by atoms with Gasteiger partial charge in [-0.15, -0.1) is 0 Å². The van der Waals surface area contributed by atoms with Crippen molar-refractivity contribution in [1.82, 2.24) is 0 Å². The average molecular weight is 290 g/mol. The predicted octanol–water partition coefficient (Wildman–Crippen LogP) is 5.74. The molecule has 0 aromatic heterocycles. The Bertz CT molecular complexity index is 660. The van der Waals surface area contributed by atoms with Crippen LogP contribution in [0.1, 0.15) is 57.1 Å². The predicted molar refractivity (Wildman–Crippen MR) is 92.6 cm³/mol. The van der Waals surface area contributed by atoms with Crippen LogP contribution in [0.25, 0.3) is 5.57 Å². The highest BCUT2D eigenvalue weighted by molar-refractivity contribution is 5.90. The second-order valence-electron chi connectivity index (χ2n) is 8.12. The van der Waals surface area contributed by atoms with Crippen molar-refractivity contribution in [3.8, 4) is 0 Å². The van der Waals surface area contributed by atoms with E-state index >= 15 is 0 Å². The van der Waals surface area contributed by atoms with Gasteiger partial charge in [0.1, 0.15) is 0 Å². The number of fused-ring (bicyclic) bond motifs is 1. The van der Waals surface area contributed by atoms with E-state index in [0.717, 1.165) is 23.7 Å². The smallest absolute Gasteiger partial charge is 0.0268 e. The van der Waals surface area contributed by atoms with Gasteiger partial charge in [0.25, 0.3) is 0 Å². The first-order valence-electron chi connectivity index (χ1n) is 9.22. The monoisotopic (exact) mass is 290 g/mol. The summed E-state index contributed by atoms with van der Waals surface area (Å²) in [4.78, 5) is 0. The molecule has 4 fully saturated rings. The zero-order valence-corrected chi connectivity index (χ0v) is 13.8. The summed E-state index contributed by atoms with van der Waals surface area (Å²) in [5.74, 6) is 3.86. The molecule has 0 atom stereocenters. The first-order valence-corrected chi connectivity index (χ1v) is 9.22. The number of benzene rings is 1. The van der Waals surface area contributed by atoms with E-state index in [1.165, 1.54) is 43.2 Å². The lowest BCUT2D eigenvalue weighted by atomic mass is 9.43. The standard InChI is InChI=1S/C22H26/c1-3-18-19-7-5-6-8-21(19)22(20(18)4-2)16-10-14-9-15(12-16)13-17(22)11-14/h3-8,14-17H,9-13H2,1-2H3/b18-3-,20-4+. The van der Waals surface area contributed by atoms with Crippen LogP contribution in [-0.2, 0) is 5.41 Å². The Morgan fingerprint density at radius 1 is 0.864 bits per heavy atom. The van der Waals surface area contributed by atoms with Crippen molar-refractivity contribution in [3.63, 3.8) is 0 Å². The second kappa shape index (κ2) is 4.37. The minimum atomic E-state index is 0.362. The van der Waals surface area contributed by atoms with Gasteiger partial charge in [-0.1, -0.05) is 36.4 Å². The molecule has 0 amide bonds. The minimum absolute atomic E-state index is 0.362. The molecule has 114 valence electrons. The van der Waals surface area contributed by atoms with Crippen molar-refractivity contribution in [2.45, 2.75) is 51.4 Å². The number of rotatable bonds is 0. The van der Waals surface area contributed by atoms with Gasteiger partial charge in [-0.05, 0) is 91.9 Å². The maximum Gasteiger partial charge on any atom is 0.0268 e. The van der Waals surface area contributed by atoms with Gasteiger partial charge in [0, 0.05) is 5.41 Å². The minimum Gasteiger partial charge on any atom is -0.0829 e. The van der Waals surface area contributed by atoms with E-state index in [-0.39, 0.29) is 0 Å². The van der Waals surface area contributed by atoms with Crippen LogP contribution in [0.5, 0.6) is 0 Å². The normalized spacial score (nSPS) is 45.2. The Morgan fingerprint density at radius 3 is 2.09 bits per heavy atom. The Kier molecular flexibility index (Phi) is 2.62. The van der Waals surface area contributed by atoms with Gasteiger partial charge in [0.05, 0.1) is 0 Å². The fraction of sp³-hybridized carbons (Fsp3) is 0.545. The third-order valence-corrected chi connectivity index (χ3v) is 7.40. The summed E-state index contributed by atoms with van der Waals surface area (Å²) >= 11 is 0. The third-order valence-electron chi connectivity index (χ3n) is 7.40. The highest BCUT2D eigenvalue weighted by Gasteiger charge is 2.62. The highest BCUT2D eigenvalue weighted by atomic mass is 14.6. The number of hydrogen-bond acceptors (Lipinski definition) is 0. The lowest BCUT2D eigenvalue weighted by Gasteiger charge is -2.61. The molecule has 0 radical (unpaired) electrons. The van der Waals surface area contributed by atoms with Crippen LogP contribution in [0.15, 0.2) is 42.0 Å². The lowest BCUT2D eigenvalue weighted by Crippen LogP contribution is -2.55. The summed E-state index contributed by atoms with van der Waals surface area (Å²) in [6, 6.07) is 9.33. The van der Waals surface area contributed by atoms with E-state index in [1.54, 1.807) is 11.1 Å². The molecule has 22 heavy (non-hydrogen) atoms. The lowest BCUT2D eigenvalue weighted by molar-refractivity contribution is -0.0400. The molecule has 4 saturated carbocycles. The largest absolute Gasteiger partial charge is 0.0829 e. The SMILES string of the molecule is C/C=C1\C(=C/C)c2ccccc2C12C1CC3CC(C1)CC2C3. The Morgan fingerprint density at radius 2 is 1.50 bits per heavy atom. The van der Waals surface area contributed by atoms with Gasteiger partial charge < -0.3 is 0 Å². The van der Waals surface area contributed by atoms with E-state index in [9.17, 15) is 0 Å². The van der Waals surface area contributed by atoms with Crippen LogP contribution in [-0.4, -0.2) is 0 Å². The molecule has 1 aromatic carbocycles. The fourth-order valence-corrected chi connectivity index (χ4v) is 7.10. The maximum atomic E-state index is 2.46. The summed E-state index contributed by atoms with van der Waals surface area (Å²) in [6.07, 6.45) is 12.3. The van der Waals surface area contributed by atoms with Crippen LogP contribution in [0.2, 0.25) is 0 Å². The average Bonchev–Trinajstić information content (AvgIpc) is 2.82. The van der Waals surface area contributed by atoms with Crippen molar-refractivity contribution in [2.24, 2.45) is 23.7 Å². The molecular weight excluding hydrogens is 264 g/mol. The molecular formula is C22H26. The van der Waals surface area contributed by atoms with Crippen molar-refractivity contribution >= 4 is 5.57 Å². The van der Waals surface area contributed by atoms with Gasteiger partial charge >= 0.3 is 0 Å². The Hall–Kier alpha value is -1.30. The van der Waals surface area contributed by atoms with Crippen LogP contribution in [0.3, 0.4) is 0 Å². The molecule has 0 nitrogen and oxygen atoms in total. The third kappa shape index (κ3) is 1.36. The molecule has 0 heteroatoms. The van der Waals surface area contributed by atoms with Crippen LogP contribution >= 0.6 is 0 Å².